The van der Waals surface area contributed by atoms with Crippen LogP contribution in [0.25, 0.3) is 0 Å². The Balaban J connectivity index is 3.19. The van der Waals surface area contributed by atoms with E-state index in [-0.39, 0.29) is 6.10 Å². The Morgan fingerprint density at radius 1 is 1.75 bits per heavy atom. The van der Waals surface area contributed by atoms with E-state index >= 15 is 0 Å². The quantitative estimate of drug-likeness (QED) is 0.548. The van der Waals surface area contributed by atoms with Gasteiger partial charge in [0, 0.05) is 0 Å². The van der Waals surface area contributed by atoms with E-state index in [1.54, 1.807) is 19.1 Å². The van der Waals surface area contributed by atoms with Crippen molar-refractivity contribution in [3.8, 4) is 0 Å². The summed E-state index contributed by atoms with van der Waals surface area (Å²) in [4.78, 5) is 0. The van der Waals surface area contributed by atoms with Crippen LogP contribution < -0.4 is 0 Å². The van der Waals surface area contributed by atoms with Crippen molar-refractivity contribution in [3.05, 3.63) is 24.8 Å². The Kier molecular flexibility index (Phi) is 4.27. The second kappa shape index (κ2) is 4.60. The van der Waals surface area contributed by atoms with Gasteiger partial charge in [0.2, 0.25) is 0 Å². The summed E-state index contributed by atoms with van der Waals surface area (Å²) in [5.41, 5.74) is 0. The predicted octanol–water partition coefficient (Wildman–Crippen LogP) is 1.50. The molecule has 0 saturated heterocycles. The molecule has 0 aromatic heterocycles. The van der Waals surface area contributed by atoms with Gasteiger partial charge in [0.1, 0.15) is 0 Å². The Morgan fingerprint density at radius 3 is 2.75 bits per heavy atom. The number of aliphatic hydroxyl groups is 1. The lowest BCUT2D eigenvalue weighted by Crippen LogP contribution is -1.90. The fourth-order valence-electron chi connectivity index (χ4n) is 0.372. The Hall–Kier alpha value is -0.560. The van der Waals surface area contributed by atoms with Crippen LogP contribution >= 0.6 is 0 Å². The first-order valence-corrected chi connectivity index (χ1v) is 2.73. The fraction of sp³-hybridized carbons (Fsp3) is 0.429. The van der Waals surface area contributed by atoms with Crippen molar-refractivity contribution < 1.29 is 5.11 Å². The number of allylic oxidation sites excluding steroid dienone is 2. The summed E-state index contributed by atoms with van der Waals surface area (Å²) >= 11 is 0. The largest absolute Gasteiger partial charge is 0.389 e. The maximum atomic E-state index is 8.66. The molecule has 1 heteroatoms. The van der Waals surface area contributed by atoms with Crippen LogP contribution in [0.1, 0.15) is 13.3 Å². The highest BCUT2D eigenvalue weighted by Gasteiger charge is 1.80. The summed E-state index contributed by atoms with van der Waals surface area (Å²) < 4.78 is 0. The fourth-order valence-corrected chi connectivity index (χ4v) is 0.372. The maximum Gasteiger partial charge on any atom is 0.0692 e. The molecule has 0 amide bonds. The monoisotopic (exact) mass is 112 g/mol. The topological polar surface area (TPSA) is 20.2 Å². The second-order valence-electron chi connectivity index (χ2n) is 1.69. The van der Waals surface area contributed by atoms with Crippen molar-refractivity contribution in [2.45, 2.75) is 19.4 Å². The SMILES string of the molecule is C=CC/C=C\[C@H](C)O. The zero-order valence-corrected chi connectivity index (χ0v) is 5.17. The van der Waals surface area contributed by atoms with Crippen LogP contribution in [0, 0.1) is 0 Å². The van der Waals surface area contributed by atoms with Gasteiger partial charge in [0.25, 0.3) is 0 Å². The van der Waals surface area contributed by atoms with E-state index in [4.69, 9.17) is 5.11 Å². The van der Waals surface area contributed by atoms with Crippen LogP contribution in [0.15, 0.2) is 24.8 Å². The van der Waals surface area contributed by atoms with Crippen LogP contribution in [0.4, 0.5) is 0 Å². The molecule has 0 saturated carbocycles. The molecule has 0 fully saturated rings. The molecule has 0 rings (SSSR count). The summed E-state index contributed by atoms with van der Waals surface area (Å²) in [6.07, 6.45) is 5.93. The van der Waals surface area contributed by atoms with Crippen LogP contribution in [-0.2, 0) is 0 Å². The molecule has 8 heavy (non-hydrogen) atoms. The highest BCUT2D eigenvalue weighted by atomic mass is 16.3. The van der Waals surface area contributed by atoms with E-state index < -0.39 is 0 Å². The van der Waals surface area contributed by atoms with Gasteiger partial charge < -0.3 is 5.11 Å². The van der Waals surface area contributed by atoms with Crippen molar-refractivity contribution in [3.63, 3.8) is 0 Å². The molecule has 46 valence electrons. The Morgan fingerprint density at radius 2 is 2.38 bits per heavy atom. The third-order valence-electron chi connectivity index (χ3n) is 0.717. The van der Waals surface area contributed by atoms with Crippen molar-refractivity contribution in [1.29, 1.82) is 0 Å². The molecule has 1 atom stereocenters. The molecule has 1 nitrogen and oxygen atoms in total. The Bertz CT molecular complexity index is 82.4. The van der Waals surface area contributed by atoms with Crippen LogP contribution in [-0.4, -0.2) is 11.2 Å². The molecule has 0 aliphatic heterocycles. The highest BCUT2D eigenvalue weighted by Crippen LogP contribution is 1.86. The van der Waals surface area contributed by atoms with Gasteiger partial charge in [0.05, 0.1) is 6.10 Å². The highest BCUT2D eigenvalue weighted by molar-refractivity contribution is 4.91. The van der Waals surface area contributed by atoms with Crippen molar-refractivity contribution in [2.24, 2.45) is 0 Å². The molecule has 0 aromatic carbocycles. The summed E-state index contributed by atoms with van der Waals surface area (Å²) in [5, 5.41) is 8.66. The van der Waals surface area contributed by atoms with Crippen molar-refractivity contribution in [2.75, 3.05) is 0 Å². The first-order chi connectivity index (χ1) is 3.77. The number of rotatable bonds is 3. The first kappa shape index (κ1) is 7.44. The predicted molar refractivity (Wildman–Crippen MR) is 35.6 cm³/mol. The molecule has 0 radical (unpaired) electrons. The summed E-state index contributed by atoms with van der Waals surface area (Å²) in [5.74, 6) is 0. The van der Waals surface area contributed by atoms with Gasteiger partial charge in [0.15, 0.2) is 0 Å². The van der Waals surface area contributed by atoms with Crippen LogP contribution in [0.2, 0.25) is 0 Å². The van der Waals surface area contributed by atoms with E-state index in [2.05, 4.69) is 6.58 Å². The zero-order valence-electron chi connectivity index (χ0n) is 5.17. The van der Waals surface area contributed by atoms with Gasteiger partial charge in [-0.1, -0.05) is 18.2 Å². The summed E-state index contributed by atoms with van der Waals surface area (Å²) in [6.45, 7) is 5.25. The van der Waals surface area contributed by atoms with Crippen LogP contribution in [0.3, 0.4) is 0 Å². The molecule has 0 aliphatic carbocycles. The van der Waals surface area contributed by atoms with Gasteiger partial charge in [-0.25, -0.2) is 0 Å². The average molecular weight is 112 g/mol. The summed E-state index contributed by atoms with van der Waals surface area (Å²) in [6, 6.07) is 0. The first-order valence-electron chi connectivity index (χ1n) is 2.73. The maximum absolute atomic E-state index is 8.66. The molecular formula is C7H12O. The lowest BCUT2D eigenvalue weighted by Gasteiger charge is -1.89. The van der Waals surface area contributed by atoms with Crippen LogP contribution in [0.5, 0.6) is 0 Å². The molecule has 0 aliphatic rings. The molecule has 0 heterocycles. The average Bonchev–Trinajstić information content (AvgIpc) is 1.66. The molecule has 1 N–H and O–H groups in total. The van der Waals surface area contributed by atoms with Crippen molar-refractivity contribution >= 4 is 0 Å². The van der Waals surface area contributed by atoms with E-state index in [9.17, 15) is 0 Å². The van der Waals surface area contributed by atoms with E-state index in [1.807, 2.05) is 6.08 Å². The molecule has 0 bridgehead atoms. The van der Waals surface area contributed by atoms with Gasteiger partial charge in [-0.3, -0.25) is 0 Å². The molecular weight excluding hydrogens is 100 g/mol. The molecule has 0 spiro atoms. The van der Waals surface area contributed by atoms with Gasteiger partial charge >= 0.3 is 0 Å². The van der Waals surface area contributed by atoms with Crippen molar-refractivity contribution in [1.82, 2.24) is 0 Å². The smallest absolute Gasteiger partial charge is 0.0692 e. The number of hydrogen-bond donors (Lipinski definition) is 1. The second-order valence-corrected chi connectivity index (χ2v) is 1.69. The zero-order chi connectivity index (χ0) is 6.41. The van der Waals surface area contributed by atoms with E-state index in [1.165, 1.54) is 0 Å². The van der Waals surface area contributed by atoms with E-state index in [0.29, 0.717) is 0 Å². The normalized spacial score (nSPS) is 14.2. The van der Waals surface area contributed by atoms with Gasteiger partial charge in [-0.2, -0.15) is 0 Å². The Labute approximate surface area is 50.3 Å². The standard InChI is InChI=1S/C7H12O/c1-3-4-5-6-7(2)8/h3,5-8H,1,4H2,2H3/b6-5-/t7-/m0/s1. The lowest BCUT2D eigenvalue weighted by atomic mass is 10.3. The van der Waals surface area contributed by atoms with E-state index in [0.717, 1.165) is 6.42 Å². The molecule has 0 aromatic rings. The molecule has 0 unspecified atom stereocenters. The minimum atomic E-state index is -0.324. The minimum absolute atomic E-state index is 0.324. The lowest BCUT2D eigenvalue weighted by molar-refractivity contribution is 0.244. The third-order valence-corrected chi connectivity index (χ3v) is 0.717. The van der Waals surface area contributed by atoms with Gasteiger partial charge in [-0.05, 0) is 13.3 Å². The number of aliphatic hydroxyl groups excluding tert-OH is 1. The third kappa shape index (κ3) is 5.44. The number of hydrogen-bond acceptors (Lipinski definition) is 1. The minimum Gasteiger partial charge on any atom is -0.389 e. The summed E-state index contributed by atoms with van der Waals surface area (Å²) in [7, 11) is 0. The van der Waals surface area contributed by atoms with Gasteiger partial charge in [-0.15, -0.1) is 6.58 Å².